The van der Waals surface area contributed by atoms with Crippen molar-refractivity contribution in [1.82, 2.24) is 4.98 Å². The van der Waals surface area contributed by atoms with Gasteiger partial charge in [-0.2, -0.15) is 5.26 Å². The van der Waals surface area contributed by atoms with Crippen molar-refractivity contribution in [1.29, 1.82) is 5.26 Å². The first-order valence-electron chi connectivity index (χ1n) is 13.7. The highest BCUT2D eigenvalue weighted by Gasteiger charge is 2.27. The van der Waals surface area contributed by atoms with Crippen LogP contribution in [0.1, 0.15) is 42.0 Å². The first kappa shape index (κ1) is 27.4. The van der Waals surface area contributed by atoms with Gasteiger partial charge < -0.3 is 14.4 Å². The molecule has 0 saturated carbocycles. The Morgan fingerprint density at radius 3 is 2.50 bits per heavy atom. The molecule has 0 aliphatic carbocycles. The lowest BCUT2D eigenvalue weighted by atomic mass is 9.97. The summed E-state index contributed by atoms with van der Waals surface area (Å²) in [5, 5.41) is 12.1. The quantitative estimate of drug-likeness (QED) is 0.214. The van der Waals surface area contributed by atoms with Crippen LogP contribution in [0, 0.1) is 31.1 Å². The van der Waals surface area contributed by atoms with E-state index in [4.69, 9.17) is 19.7 Å². The van der Waals surface area contributed by atoms with Crippen molar-refractivity contribution < 1.29 is 14.3 Å². The number of anilines is 1. The normalized spacial score (nSPS) is 13.6. The number of esters is 1. The summed E-state index contributed by atoms with van der Waals surface area (Å²) in [5.74, 6) is 0.704. The maximum absolute atomic E-state index is 12.1. The van der Waals surface area contributed by atoms with Crippen LogP contribution in [-0.2, 0) is 16.1 Å². The number of piperidine rings is 1. The lowest BCUT2D eigenvalue weighted by Crippen LogP contribution is -2.36. The minimum atomic E-state index is -0.0809. The Bertz CT molecular complexity index is 1530. The van der Waals surface area contributed by atoms with E-state index in [9.17, 15) is 4.79 Å². The molecule has 0 atom stereocenters. The molecule has 1 saturated heterocycles. The third-order valence-corrected chi connectivity index (χ3v) is 8.26. The molecule has 2 heterocycles. The Balaban J connectivity index is 1.28. The van der Waals surface area contributed by atoms with Gasteiger partial charge in [0.15, 0.2) is 5.13 Å². The van der Waals surface area contributed by atoms with E-state index in [2.05, 4.69) is 60.5 Å². The number of rotatable bonds is 8. The van der Waals surface area contributed by atoms with Crippen LogP contribution in [0.2, 0.25) is 0 Å². The van der Waals surface area contributed by atoms with Gasteiger partial charge in [0.05, 0.1) is 29.9 Å². The van der Waals surface area contributed by atoms with E-state index < -0.39 is 0 Å². The van der Waals surface area contributed by atoms with Crippen LogP contribution < -0.4 is 9.64 Å². The summed E-state index contributed by atoms with van der Waals surface area (Å²) in [4.78, 5) is 19.3. The van der Waals surface area contributed by atoms with Crippen molar-refractivity contribution in [3.8, 4) is 34.2 Å². The first-order chi connectivity index (χ1) is 19.4. The highest BCUT2D eigenvalue weighted by Crippen LogP contribution is 2.36. The van der Waals surface area contributed by atoms with Crippen LogP contribution in [0.5, 0.6) is 5.75 Å². The molecule has 40 heavy (non-hydrogen) atoms. The number of nitrogens with zero attached hydrogens (tertiary/aromatic N) is 3. The number of aryl methyl sites for hydroxylation is 2. The van der Waals surface area contributed by atoms with Crippen LogP contribution in [0.4, 0.5) is 5.13 Å². The molecule has 3 aromatic carbocycles. The molecule has 204 valence electrons. The van der Waals surface area contributed by atoms with Gasteiger partial charge in [-0.3, -0.25) is 4.79 Å². The molecule has 7 heteroatoms. The molecule has 0 bridgehead atoms. The largest absolute Gasteiger partial charge is 0.488 e. The van der Waals surface area contributed by atoms with Gasteiger partial charge in [0, 0.05) is 24.0 Å². The van der Waals surface area contributed by atoms with Crippen LogP contribution in [0.25, 0.3) is 22.4 Å². The number of carbonyl (C=O) groups is 1. The number of carbonyl (C=O) groups excluding carboxylic acids is 1. The van der Waals surface area contributed by atoms with Gasteiger partial charge in [0.2, 0.25) is 0 Å². The van der Waals surface area contributed by atoms with Gasteiger partial charge in [-0.05, 0) is 80.1 Å². The lowest BCUT2D eigenvalue weighted by Gasteiger charge is -2.30. The standard InChI is InChI=1S/C33H33N3O3S/c1-4-38-32(37)26-13-15-36(16-14-26)33-35-30(21-40-33)29-17-22(2)5-12-31(29)39-20-28-11-10-27(18-23(28)3)25-8-6-24(19-34)7-9-25/h5-12,17-18,21,26H,4,13-16,20H2,1-3H3. The fraction of sp³-hybridized carbons (Fsp3) is 0.303. The Kier molecular flexibility index (Phi) is 8.47. The summed E-state index contributed by atoms with van der Waals surface area (Å²) in [6.45, 7) is 8.50. The molecule has 0 radical (unpaired) electrons. The summed E-state index contributed by atoms with van der Waals surface area (Å²) in [6.07, 6.45) is 1.58. The van der Waals surface area contributed by atoms with Crippen molar-refractivity contribution in [2.24, 2.45) is 5.92 Å². The number of nitriles is 1. The number of ether oxygens (including phenoxy) is 2. The van der Waals surface area contributed by atoms with E-state index in [-0.39, 0.29) is 11.9 Å². The zero-order chi connectivity index (χ0) is 28.1. The zero-order valence-electron chi connectivity index (χ0n) is 23.1. The Morgan fingerprint density at radius 2 is 1.80 bits per heavy atom. The van der Waals surface area contributed by atoms with E-state index in [0.29, 0.717) is 18.8 Å². The molecule has 1 aliphatic heterocycles. The Labute approximate surface area is 239 Å². The monoisotopic (exact) mass is 551 g/mol. The second kappa shape index (κ2) is 12.4. The van der Waals surface area contributed by atoms with Gasteiger partial charge in [-0.15, -0.1) is 11.3 Å². The molecular formula is C33H33N3O3S. The summed E-state index contributed by atoms with van der Waals surface area (Å²) >= 11 is 1.63. The molecule has 1 fully saturated rings. The van der Waals surface area contributed by atoms with Gasteiger partial charge >= 0.3 is 5.97 Å². The average molecular weight is 552 g/mol. The molecule has 5 rings (SSSR count). The van der Waals surface area contributed by atoms with Gasteiger partial charge in [-0.25, -0.2) is 4.98 Å². The maximum Gasteiger partial charge on any atom is 0.309 e. The minimum Gasteiger partial charge on any atom is -0.488 e. The predicted molar refractivity (Wildman–Crippen MR) is 160 cm³/mol. The maximum atomic E-state index is 12.1. The number of thiazole rings is 1. The highest BCUT2D eigenvalue weighted by atomic mass is 32.1. The van der Waals surface area contributed by atoms with Crippen molar-refractivity contribution in [2.45, 2.75) is 40.2 Å². The number of hydrogen-bond acceptors (Lipinski definition) is 7. The van der Waals surface area contributed by atoms with Crippen molar-refractivity contribution in [3.63, 3.8) is 0 Å². The average Bonchev–Trinajstić information content (AvgIpc) is 3.47. The third-order valence-electron chi connectivity index (χ3n) is 7.36. The fourth-order valence-corrected chi connectivity index (χ4v) is 5.88. The van der Waals surface area contributed by atoms with E-state index >= 15 is 0 Å². The SMILES string of the molecule is CCOC(=O)C1CCN(c2nc(-c3cc(C)ccc3OCc3ccc(-c4ccc(C#N)cc4)cc3C)cs2)CC1. The summed E-state index contributed by atoms with van der Waals surface area (Å²) in [5.41, 5.74) is 8.16. The molecule has 0 spiro atoms. The zero-order valence-corrected chi connectivity index (χ0v) is 24.0. The van der Waals surface area contributed by atoms with Gasteiger partial charge in [0.25, 0.3) is 0 Å². The molecule has 0 N–H and O–H groups in total. The molecule has 6 nitrogen and oxygen atoms in total. The van der Waals surface area contributed by atoms with E-state index in [0.717, 1.165) is 75.9 Å². The number of benzene rings is 3. The molecule has 1 aromatic heterocycles. The Hall–Kier alpha value is -4.15. The summed E-state index contributed by atoms with van der Waals surface area (Å²) in [6, 6.07) is 22.4. The smallest absolute Gasteiger partial charge is 0.309 e. The van der Waals surface area contributed by atoms with Crippen LogP contribution in [0.15, 0.2) is 66.0 Å². The molecule has 1 aliphatic rings. The van der Waals surface area contributed by atoms with Crippen LogP contribution >= 0.6 is 11.3 Å². The van der Waals surface area contributed by atoms with Crippen LogP contribution in [0.3, 0.4) is 0 Å². The number of aromatic nitrogens is 1. The highest BCUT2D eigenvalue weighted by molar-refractivity contribution is 7.14. The lowest BCUT2D eigenvalue weighted by molar-refractivity contribution is -0.148. The second-order valence-corrected chi connectivity index (χ2v) is 11.0. The van der Waals surface area contributed by atoms with Crippen molar-refractivity contribution in [2.75, 3.05) is 24.6 Å². The van der Waals surface area contributed by atoms with Crippen LogP contribution in [-0.4, -0.2) is 30.6 Å². The molecule has 4 aromatic rings. The minimum absolute atomic E-state index is 0.0194. The van der Waals surface area contributed by atoms with E-state index in [1.54, 1.807) is 11.3 Å². The van der Waals surface area contributed by atoms with Crippen molar-refractivity contribution >= 4 is 22.4 Å². The Morgan fingerprint density at radius 1 is 1.05 bits per heavy atom. The second-order valence-electron chi connectivity index (χ2n) is 10.1. The summed E-state index contributed by atoms with van der Waals surface area (Å²) < 4.78 is 11.6. The topological polar surface area (TPSA) is 75.4 Å². The molecule has 0 amide bonds. The van der Waals surface area contributed by atoms with Gasteiger partial charge in [0.1, 0.15) is 12.4 Å². The predicted octanol–water partition coefficient (Wildman–Crippen LogP) is 7.32. The van der Waals surface area contributed by atoms with E-state index in [1.807, 2.05) is 37.3 Å². The number of hydrogen-bond donors (Lipinski definition) is 0. The third kappa shape index (κ3) is 6.19. The molecule has 0 unspecified atom stereocenters. The molecular weight excluding hydrogens is 518 g/mol. The van der Waals surface area contributed by atoms with E-state index in [1.165, 1.54) is 0 Å². The fourth-order valence-electron chi connectivity index (χ4n) is 5.00. The van der Waals surface area contributed by atoms with Crippen molar-refractivity contribution in [3.05, 3.63) is 88.3 Å². The first-order valence-corrected chi connectivity index (χ1v) is 14.5. The summed E-state index contributed by atoms with van der Waals surface area (Å²) in [7, 11) is 0. The van der Waals surface area contributed by atoms with Gasteiger partial charge in [-0.1, -0.05) is 42.0 Å².